The molecular weight excluding hydrogens is 148 g/mol. The van der Waals surface area contributed by atoms with E-state index < -0.39 is 18.3 Å². The maximum atomic E-state index is 9.24. The Morgan fingerprint density at radius 3 is 2.36 bits per heavy atom. The van der Waals surface area contributed by atoms with Gasteiger partial charge in [-0.25, -0.2) is 0 Å². The first kappa shape index (κ1) is 8.93. The van der Waals surface area contributed by atoms with Crippen molar-refractivity contribution in [1.82, 2.24) is 0 Å². The molecule has 1 saturated heterocycles. The summed E-state index contributed by atoms with van der Waals surface area (Å²) >= 11 is 0. The van der Waals surface area contributed by atoms with Crippen LogP contribution in [0.1, 0.15) is 13.3 Å². The molecule has 4 nitrogen and oxygen atoms in total. The predicted molar refractivity (Wildman–Crippen MR) is 37.5 cm³/mol. The number of hydrogen-bond acceptors (Lipinski definition) is 4. The first-order chi connectivity index (χ1) is 5.20. The number of aliphatic hydroxyl groups excluding tert-OH is 3. The van der Waals surface area contributed by atoms with Crippen LogP contribution in [0, 0.1) is 6.10 Å². The molecule has 0 aromatic heterocycles. The standard InChI is InChI=1S/C7H13O4/c1-2-4-6(9)7(10)5(3-8)11-4/h5-10H,2-3H2,1H3/t5-,6+,7-/m1/s1. The minimum absolute atomic E-state index is 0.262. The molecule has 4 heteroatoms. The molecule has 1 fully saturated rings. The van der Waals surface area contributed by atoms with E-state index in [1.165, 1.54) is 0 Å². The molecule has 0 spiro atoms. The van der Waals surface area contributed by atoms with Crippen LogP contribution in [0.3, 0.4) is 0 Å². The highest BCUT2D eigenvalue weighted by Gasteiger charge is 2.41. The molecule has 3 atom stereocenters. The third-order valence-corrected chi connectivity index (χ3v) is 1.87. The van der Waals surface area contributed by atoms with Gasteiger partial charge in [0.2, 0.25) is 0 Å². The van der Waals surface area contributed by atoms with Crippen LogP contribution < -0.4 is 0 Å². The summed E-state index contributed by atoms with van der Waals surface area (Å²) in [5.74, 6) is 0. The van der Waals surface area contributed by atoms with Crippen LogP contribution in [0.25, 0.3) is 0 Å². The van der Waals surface area contributed by atoms with Gasteiger partial charge in [0.1, 0.15) is 24.4 Å². The minimum Gasteiger partial charge on any atom is -0.394 e. The molecule has 65 valence electrons. The summed E-state index contributed by atoms with van der Waals surface area (Å²) in [6.07, 6.45) is -1.54. The van der Waals surface area contributed by atoms with Crippen molar-refractivity contribution in [1.29, 1.82) is 0 Å². The third kappa shape index (κ3) is 1.54. The fourth-order valence-corrected chi connectivity index (χ4v) is 1.17. The fourth-order valence-electron chi connectivity index (χ4n) is 1.17. The monoisotopic (exact) mass is 161 g/mol. The van der Waals surface area contributed by atoms with Crippen LogP contribution in [-0.4, -0.2) is 40.2 Å². The average molecular weight is 161 g/mol. The molecule has 0 aromatic rings. The molecule has 11 heavy (non-hydrogen) atoms. The van der Waals surface area contributed by atoms with Gasteiger partial charge in [0.05, 0.1) is 6.61 Å². The predicted octanol–water partition coefficient (Wildman–Crippen LogP) is -0.959. The maximum Gasteiger partial charge on any atom is 0.128 e. The van der Waals surface area contributed by atoms with Gasteiger partial charge >= 0.3 is 0 Å². The fraction of sp³-hybridized carbons (Fsp3) is 0.857. The van der Waals surface area contributed by atoms with Gasteiger partial charge in [0.25, 0.3) is 0 Å². The quantitative estimate of drug-likeness (QED) is 0.488. The number of hydrogen-bond donors (Lipinski definition) is 3. The van der Waals surface area contributed by atoms with Gasteiger partial charge in [-0.2, -0.15) is 0 Å². The summed E-state index contributed by atoms with van der Waals surface area (Å²) in [4.78, 5) is 0. The van der Waals surface area contributed by atoms with Gasteiger partial charge < -0.3 is 20.1 Å². The Bertz CT molecular complexity index is 110. The molecule has 1 aliphatic heterocycles. The third-order valence-electron chi connectivity index (χ3n) is 1.87. The second kappa shape index (κ2) is 3.49. The highest BCUT2D eigenvalue weighted by atomic mass is 16.6. The van der Waals surface area contributed by atoms with Gasteiger partial charge in [0, 0.05) is 0 Å². The molecule has 1 aliphatic rings. The number of rotatable bonds is 2. The number of ether oxygens (including phenoxy) is 1. The largest absolute Gasteiger partial charge is 0.394 e. The Morgan fingerprint density at radius 2 is 2.09 bits per heavy atom. The van der Waals surface area contributed by atoms with E-state index in [9.17, 15) is 10.2 Å². The number of aliphatic hydroxyl groups is 3. The van der Waals surface area contributed by atoms with Crippen molar-refractivity contribution in [3.8, 4) is 0 Å². The first-order valence-corrected chi connectivity index (χ1v) is 3.70. The Morgan fingerprint density at radius 1 is 1.45 bits per heavy atom. The molecule has 0 amide bonds. The van der Waals surface area contributed by atoms with E-state index in [0.717, 1.165) is 0 Å². The van der Waals surface area contributed by atoms with Crippen LogP contribution in [0.2, 0.25) is 0 Å². The maximum absolute atomic E-state index is 9.24. The lowest BCUT2D eigenvalue weighted by molar-refractivity contribution is -0.00572. The van der Waals surface area contributed by atoms with Crippen molar-refractivity contribution in [3.63, 3.8) is 0 Å². The summed E-state index contributed by atoms with van der Waals surface area (Å²) in [6.45, 7) is 1.56. The molecule has 1 radical (unpaired) electrons. The summed E-state index contributed by atoms with van der Waals surface area (Å²) < 4.78 is 5.05. The lowest BCUT2D eigenvalue weighted by Crippen LogP contribution is -2.32. The van der Waals surface area contributed by atoms with E-state index in [0.29, 0.717) is 12.5 Å². The van der Waals surface area contributed by atoms with Crippen LogP contribution >= 0.6 is 0 Å². The normalized spacial score (nSPS) is 39.8. The van der Waals surface area contributed by atoms with Crippen LogP contribution in [-0.2, 0) is 4.74 Å². The van der Waals surface area contributed by atoms with E-state index in [2.05, 4.69) is 0 Å². The molecule has 3 N–H and O–H groups in total. The van der Waals surface area contributed by atoms with Crippen molar-refractivity contribution < 1.29 is 20.1 Å². The highest BCUT2D eigenvalue weighted by Crippen LogP contribution is 2.28. The Hall–Kier alpha value is -0.160. The zero-order chi connectivity index (χ0) is 8.43. The van der Waals surface area contributed by atoms with Crippen LogP contribution in [0.5, 0.6) is 0 Å². The summed E-state index contributed by atoms with van der Waals surface area (Å²) in [7, 11) is 0. The van der Waals surface area contributed by atoms with Gasteiger partial charge in [-0.15, -0.1) is 0 Å². The summed E-state index contributed by atoms with van der Waals surface area (Å²) in [5.41, 5.74) is 0. The zero-order valence-electron chi connectivity index (χ0n) is 6.40. The molecule has 0 unspecified atom stereocenters. The second-order valence-electron chi connectivity index (χ2n) is 2.59. The van der Waals surface area contributed by atoms with Crippen molar-refractivity contribution in [2.24, 2.45) is 0 Å². The van der Waals surface area contributed by atoms with Gasteiger partial charge in [-0.05, 0) is 6.42 Å². The average Bonchev–Trinajstić information content (AvgIpc) is 2.30. The van der Waals surface area contributed by atoms with E-state index in [1.807, 2.05) is 6.92 Å². The molecule has 1 rings (SSSR count). The van der Waals surface area contributed by atoms with Gasteiger partial charge in [-0.3, -0.25) is 0 Å². The van der Waals surface area contributed by atoms with Crippen molar-refractivity contribution in [2.75, 3.05) is 6.61 Å². The molecular formula is C7H13O4. The van der Waals surface area contributed by atoms with E-state index in [1.54, 1.807) is 0 Å². The lowest BCUT2D eigenvalue weighted by Gasteiger charge is -2.10. The SMILES string of the molecule is CC[C]1O[C@H](CO)[C@@H](O)[C@H]1O. The smallest absolute Gasteiger partial charge is 0.128 e. The van der Waals surface area contributed by atoms with Gasteiger partial charge in [-0.1, -0.05) is 6.92 Å². The molecule has 0 aliphatic carbocycles. The van der Waals surface area contributed by atoms with Gasteiger partial charge in [0.15, 0.2) is 0 Å². The molecule has 0 saturated carbocycles. The second-order valence-corrected chi connectivity index (χ2v) is 2.59. The minimum atomic E-state index is -0.977. The van der Waals surface area contributed by atoms with Crippen molar-refractivity contribution >= 4 is 0 Å². The van der Waals surface area contributed by atoms with Crippen LogP contribution in [0.15, 0.2) is 0 Å². The summed E-state index contributed by atoms with van der Waals surface area (Å²) in [6, 6.07) is 0. The van der Waals surface area contributed by atoms with Crippen LogP contribution in [0.4, 0.5) is 0 Å². The Balaban J connectivity index is 2.53. The highest BCUT2D eigenvalue weighted by molar-refractivity contribution is 5.01. The molecule has 0 aromatic carbocycles. The van der Waals surface area contributed by atoms with Crippen molar-refractivity contribution in [3.05, 3.63) is 6.10 Å². The van der Waals surface area contributed by atoms with E-state index in [-0.39, 0.29) is 6.61 Å². The Kier molecular flexibility index (Phi) is 2.84. The summed E-state index contributed by atoms with van der Waals surface area (Å²) in [5, 5.41) is 27.1. The zero-order valence-corrected chi connectivity index (χ0v) is 6.40. The van der Waals surface area contributed by atoms with E-state index >= 15 is 0 Å². The topological polar surface area (TPSA) is 69.9 Å². The molecule has 1 heterocycles. The molecule has 0 bridgehead atoms. The Labute approximate surface area is 65.4 Å². The lowest BCUT2D eigenvalue weighted by atomic mass is 10.1. The van der Waals surface area contributed by atoms with Crippen molar-refractivity contribution in [2.45, 2.75) is 31.7 Å². The first-order valence-electron chi connectivity index (χ1n) is 3.70. The van der Waals surface area contributed by atoms with E-state index in [4.69, 9.17) is 9.84 Å².